The summed E-state index contributed by atoms with van der Waals surface area (Å²) < 4.78 is 0. The Hall–Kier alpha value is -6.39. The van der Waals surface area contributed by atoms with Crippen molar-refractivity contribution in [2.45, 2.75) is 37.9 Å². The summed E-state index contributed by atoms with van der Waals surface area (Å²) in [5.41, 5.74) is 13.8. The number of hydrogen-bond acceptors (Lipinski definition) is 12. The maximum atomic E-state index is 13.1. The third-order valence-electron chi connectivity index (χ3n) is 6.97. The van der Waals surface area contributed by atoms with E-state index in [4.69, 9.17) is 11.5 Å². The van der Waals surface area contributed by atoms with Gasteiger partial charge in [-0.2, -0.15) is 9.97 Å². The molecule has 2 aromatic heterocycles. The van der Waals surface area contributed by atoms with Crippen molar-refractivity contribution in [2.24, 2.45) is 0 Å². The van der Waals surface area contributed by atoms with Crippen molar-refractivity contribution in [1.82, 2.24) is 30.6 Å². The number of aromatic nitrogens is 4. The fourth-order valence-electron chi connectivity index (χ4n) is 4.58. The molecule has 0 aliphatic rings. The van der Waals surface area contributed by atoms with E-state index in [0.717, 1.165) is 0 Å². The number of aliphatic carboxylic acids is 2. The van der Waals surface area contributed by atoms with Gasteiger partial charge in [0.25, 0.3) is 5.91 Å². The average molecular weight is 646 g/mol. The summed E-state index contributed by atoms with van der Waals surface area (Å²) in [5.74, 6) is -5.36. The van der Waals surface area contributed by atoms with Crippen molar-refractivity contribution in [1.29, 1.82) is 0 Å². The number of benzene rings is 2. The van der Waals surface area contributed by atoms with Crippen LogP contribution in [0.3, 0.4) is 0 Å². The number of aromatic carboxylic acids is 1. The Balaban J connectivity index is 1.43. The predicted octanol–water partition coefficient (Wildman–Crippen LogP) is 0.694. The maximum absolute atomic E-state index is 13.1. The molecule has 47 heavy (non-hydrogen) atoms. The molecule has 4 aromatic rings. The second-order valence-corrected chi connectivity index (χ2v) is 10.5. The minimum Gasteiger partial charge on any atom is -0.481 e. The molecule has 0 unspecified atom stereocenters. The van der Waals surface area contributed by atoms with Gasteiger partial charge >= 0.3 is 17.9 Å². The number of carboxylic acids is 3. The minimum atomic E-state index is -1.49. The van der Waals surface area contributed by atoms with Crippen molar-refractivity contribution in [2.75, 3.05) is 23.4 Å². The van der Waals surface area contributed by atoms with E-state index < -0.39 is 48.2 Å². The molecule has 4 rings (SSSR count). The summed E-state index contributed by atoms with van der Waals surface area (Å²) in [6.07, 6.45) is 0.473. The van der Waals surface area contributed by atoms with Gasteiger partial charge in [-0.3, -0.25) is 14.4 Å². The van der Waals surface area contributed by atoms with Gasteiger partial charge in [-0.25, -0.2) is 19.6 Å². The van der Waals surface area contributed by atoms with Gasteiger partial charge in [0.15, 0.2) is 17.0 Å². The summed E-state index contributed by atoms with van der Waals surface area (Å²) in [6.45, 7) is 0.307. The van der Waals surface area contributed by atoms with Crippen LogP contribution in [0.2, 0.25) is 0 Å². The average Bonchev–Trinajstić information content (AvgIpc) is 3.02. The molecular formula is C30H31N9O8. The Labute approximate surface area is 266 Å². The van der Waals surface area contributed by atoms with Gasteiger partial charge < -0.3 is 42.3 Å². The number of nitrogens with two attached hydrogens (primary N) is 2. The van der Waals surface area contributed by atoms with E-state index in [1.54, 1.807) is 19.2 Å². The molecule has 9 N–H and O–H groups in total. The van der Waals surface area contributed by atoms with Crippen molar-refractivity contribution < 1.29 is 39.3 Å². The standard InChI is InChI=1S/C30H31N9O8/c1-39(14-18-13-33-25-23(34-18)24(31)37-30(32)38-25)19-7-5-16(6-8-19)26(42)35-20(9-10-22(40)41)27(43)36-21(29(46)47)12-15-3-2-4-17(11-15)28(44)45/h2-8,11,13,20-21H,9-10,12,14H2,1H3,(H,35,42)(H,36,43)(H,40,41)(H,44,45)(H,46,47)(H4,31,32,33,37,38)/t20-,21-/m0/s1. The Kier molecular flexibility index (Phi) is 10.4. The SMILES string of the molecule is CN(Cc1cnc2nc(N)nc(N)c2n1)c1ccc(C(=O)N[C@@H](CCC(=O)O)C(=O)N[C@@H](Cc2cccc(C(=O)O)c2)C(=O)O)cc1. The van der Waals surface area contributed by atoms with Crippen LogP contribution in [0, 0.1) is 0 Å². The number of carbonyl (C=O) groups excluding carboxylic acids is 2. The first-order chi connectivity index (χ1) is 22.3. The molecule has 0 bridgehead atoms. The fraction of sp³-hybridized carbons (Fsp3) is 0.233. The number of rotatable bonds is 14. The zero-order valence-corrected chi connectivity index (χ0v) is 25.0. The Morgan fingerprint density at radius 3 is 2.28 bits per heavy atom. The number of hydrogen-bond donors (Lipinski definition) is 7. The molecule has 17 heteroatoms. The number of anilines is 3. The summed E-state index contributed by atoms with van der Waals surface area (Å²) in [6, 6.07) is 9.02. The number of fused-ring (bicyclic) bond motifs is 1. The second kappa shape index (κ2) is 14.6. The first-order valence-electron chi connectivity index (χ1n) is 14.0. The summed E-state index contributed by atoms with van der Waals surface area (Å²) in [7, 11) is 1.78. The summed E-state index contributed by atoms with van der Waals surface area (Å²) in [4.78, 5) is 79.1. The molecule has 2 aromatic carbocycles. The lowest BCUT2D eigenvalue weighted by Gasteiger charge is -2.22. The molecule has 2 amide bonds. The summed E-state index contributed by atoms with van der Waals surface area (Å²) in [5, 5.41) is 32.9. The quantitative estimate of drug-likeness (QED) is 0.0993. The second-order valence-electron chi connectivity index (χ2n) is 10.5. The van der Waals surface area contributed by atoms with Crippen molar-refractivity contribution >= 4 is 58.3 Å². The molecule has 0 spiro atoms. The van der Waals surface area contributed by atoms with Crippen LogP contribution >= 0.6 is 0 Å². The molecule has 2 heterocycles. The highest BCUT2D eigenvalue weighted by atomic mass is 16.4. The van der Waals surface area contributed by atoms with Gasteiger partial charge in [0, 0.05) is 31.1 Å². The van der Waals surface area contributed by atoms with E-state index in [-0.39, 0.29) is 41.4 Å². The van der Waals surface area contributed by atoms with Gasteiger partial charge in [0.1, 0.15) is 12.1 Å². The topological polar surface area (TPSA) is 277 Å². The van der Waals surface area contributed by atoms with E-state index in [0.29, 0.717) is 29.0 Å². The van der Waals surface area contributed by atoms with E-state index in [1.165, 1.54) is 42.6 Å². The van der Waals surface area contributed by atoms with Crippen molar-refractivity contribution in [3.63, 3.8) is 0 Å². The van der Waals surface area contributed by atoms with Crippen LogP contribution in [0.5, 0.6) is 0 Å². The first-order valence-corrected chi connectivity index (χ1v) is 14.0. The van der Waals surface area contributed by atoms with Crippen LogP contribution < -0.4 is 27.0 Å². The zero-order chi connectivity index (χ0) is 34.2. The summed E-state index contributed by atoms with van der Waals surface area (Å²) >= 11 is 0. The molecule has 0 aliphatic heterocycles. The molecule has 2 atom stereocenters. The number of carboxylic acid groups (broad SMARTS) is 3. The number of amides is 2. The van der Waals surface area contributed by atoms with E-state index in [9.17, 15) is 39.3 Å². The van der Waals surface area contributed by atoms with Gasteiger partial charge in [-0.15, -0.1) is 0 Å². The van der Waals surface area contributed by atoms with Gasteiger partial charge in [-0.05, 0) is 48.4 Å². The Bertz CT molecular complexity index is 1830. The molecule has 17 nitrogen and oxygen atoms in total. The third-order valence-corrected chi connectivity index (χ3v) is 6.97. The lowest BCUT2D eigenvalue weighted by atomic mass is 10.0. The van der Waals surface area contributed by atoms with Gasteiger partial charge in [0.05, 0.1) is 24.0 Å². The normalized spacial score (nSPS) is 12.1. The molecule has 0 fully saturated rings. The molecule has 0 saturated heterocycles. The lowest BCUT2D eigenvalue weighted by molar-refractivity contribution is -0.142. The van der Waals surface area contributed by atoms with E-state index in [1.807, 2.05) is 4.90 Å². The molecule has 0 saturated carbocycles. The highest BCUT2D eigenvalue weighted by molar-refractivity contribution is 5.98. The Morgan fingerprint density at radius 1 is 0.894 bits per heavy atom. The van der Waals surface area contributed by atoms with Crippen LogP contribution in [0.1, 0.15) is 44.8 Å². The van der Waals surface area contributed by atoms with E-state index >= 15 is 0 Å². The van der Waals surface area contributed by atoms with Gasteiger partial charge in [-0.1, -0.05) is 12.1 Å². The Morgan fingerprint density at radius 2 is 1.62 bits per heavy atom. The highest BCUT2D eigenvalue weighted by Gasteiger charge is 2.28. The molecule has 0 radical (unpaired) electrons. The van der Waals surface area contributed by atoms with Crippen molar-refractivity contribution in [3.05, 3.63) is 77.1 Å². The third kappa shape index (κ3) is 8.84. The van der Waals surface area contributed by atoms with Crippen LogP contribution in [-0.2, 0) is 27.3 Å². The molecule has 244 valence electrons. The molecular weight excluding hydrogens is 614 g/mol. The van der Waals surface area contributed by atoms with Gasteiger partial charge in [0.2, 0.25) is 11.9 Å². The maximum Gasteiger partial charge on any atom is 0.335 e. The first kappa shape index (κ1) is 33.5. The van der Waals surface area contributed by atoms with Crippen LogP contribution in [-0.4, -0.2) is 84.1 Å². The number of nitrogens with zero attached hydrogens (tertiary/aromatic N) is 5. The number of nitrogens with one attached hydrogen (secondary N) is 2. The minimum absolute atomic E-state index is 0.0164. The lowest BCUT2D eigenvalue weighted by Crippen LogP contribution is -2.52. The number of carbonyl (C=O) groups is 5. The van der Waals surface area contributed by atoms with Crippen LogP contribution in [0.15, 0.2) is 54.7 Å². The highest BCUT2D eigenvalue weighted by Crippen LogP contribution is 2.19. The molecule has 0 aliphatic carbocycles. The van der Waals surface area contributed by atoms with E-state index in [2.05, 4.69) is 30.6 Å². The predicted molar refractivity (Wildman–Crippen MR) is 167 cm³/mol. The van der Waals surface area contributed by atoms with Crippen LogP contribution in [0.4, 0.5) is 17.5 Å². The smallest absolute Gasteiger partial charge is 0.335 e. The van der Waals surface area contributed by atoms with Crippen molar-refractivity contribution in [3.8, 4) is 0 Å². The van der Waals surface area contributed by atoms with Crippen LogP contribution in [0.25, 0.3) is 11.2 Å². The fourth-order valence-corrected chi connectivity index (χ4v) is 4.58. The monoisotopic (exact) mass is 645 g/mol. The largest absolute Gasteiger partial charge is 0.481 e. The number of nitrogen functional groups attached to an aromatic ring is 2. The zero-order valence-electron chi connectivity index (χ0n) is 25.0.